The highest BCUT2D eigenvalue weighted by atomic mass is 16.5. The van der Waals surface area contributed by atoms with Gasteiger partial charge >= 0.3 is 11.9 Å². The zero-order chi connectivity index (χ0) is 22.1. The first-order valence-electron chi connectivity index (χ1n) is 10.4. The molecule has 2 amide bonds. The van der Waals surface area contributed by atoms with Crippen molar-refractivity contribution in [2.75, 3.05) is 26.3 Å². The van der Waals surface area contributed by atoms with Gasteiger partial charge in [-0.05, 0) is 39.5 Å². The Hall–Kier alpha value is -2.82. The van der Waals surface area contributed by atoms with Crippen molar-refractivity contribution in [3.8, 4) is 12.3 Å². The van der Waals surface area contributed by atoms with Crippen molar-refractivity contribution in [2.45, 2.75) is 52.4 Å². The predicted octanol–water partition coefficient (Wildman–Crippen LogP) is 1.54. The molecule has 8 heteroatoms. The van der Waals surface area contributed by atoms with Gasteiger partial charge in [-0.25, -0.2) is 0 Å². The summed E-state index contributed by atoms with van der Waals surface area (Å²) >= 11 is 0. The number of hydrogen-bond acceptors (Lipinski definition) is 6. The van der Waals surface area contributed by atoms with Crippen LogP contribution in [0.3, 0.4) is 0 Å². The third-order valence-electron chi connectivity index (χ3n) is 5.46. The number of carbonyl (C=O) groups is 4. The van der Waals surface area contributed by atoms with E-state index in [9.17, 15) is 19.2 Å². The molecular weight excluding hydrogens is 388 g/mol. The van der Waals surface area contributed by atoms with Gasteiger partial charge in [0.05, 0.1) is 19.8 Å². The highest BCUT2D eigenvalue weighted by Crippen LogP contribution is 2.48. The van der Waals surface area contributed by atoms with Gasteiger partial charge in [-0.2, -0.15) is 0 Å². The molecule has 0 aliphatic carbocycles. The van der Waals surface area contributed by atoms with Crippen LogP contribution in [0.25, 0.3) is 0 Å². The molecule has 0 unspecified atom stereocenters. The van der Waals surface area contributed by atoms with Crippen molar-refractivity contribution in [1.29, 1.82) is 0 Å². The van der Waals surface area contributed by atoms with E-state index in [0.717, 1.165) is 12.8 Å². The topological polar surface area (TPSA) is 102 Å². The summed E-state index contributed by atoms with van der Waals surface area (Å²) in [6.07, 6.45) is 8.76. The van der Waals surface area contributed by atoms with E-state index >= 15 is 0 Å². The van der Waals surface area contributed by atoms with E-state index in [2.05, 4.69) is 11.2 Å². The minimum absolute atomic E-state index is 0.0159. The van der Waals surface area contributed by atoms with E-state index in [1.165, 1.54) is 0 Å². The Bertz CT molecular complexity index is 753. The molecule has 2 aliphatic heterocycles. The molecule has 0 aromatic rings. The van der Waals surface area contributed by atoms with E-state index in [-0.39, 0.29) is 57.3 Å². The average Bonchev–Trinajstić information content (AvgIpc) is 2.74. The minimum atomic E-state index is -1.17. The summed E-state index contributed by atoms with van der Waals surface area (Å²) < 4.78 is 10.4. The molecule has 0 radical (unpaired) electrons. The lowest BCUT2D eigenvalue weighted by molar-refractivity contribution is -0.162. The third kappa shape index (κ3) is 5.21. The van der Waals surface area contributed by atoms with Gasteiger partial charge in [-0.1, -0.05) is 12.0 Å². The molecule has 2 atom stereocenters. The van der Waals surface area contributed by atoms with Crippen molar-refractivity contribution >= 4 is 23.8 Å². The Morgan fingerprint density at radius 3 is 2.70 bits per heavy atom. The standard InChI is InChI=1S/C22H30N2O6/c1-4-12-23-18(25)14-16-15-22(21(28)30-6-3,11-10-19(26)29-5-2)17-9-7-8-13-24(17)20(16)27/h1,9,16H,5-8,10-15H2,2-3H3,(H,23,25)/t16-,22-/m0/s1. The second kappa shape index (κ2) is 10.8. The van der Waals surface area contributed by atoms with Crippen LogP contribution in [0.15, 0.2) is 11.8 Å². The Morgan fingerprint density at radius 1 is 1.30 bits per heavy atom. The summed E-state index contributed by atoms with van der Waals surface area (Å²) in [5.74, 6) is 0.196. The molecule has 2 heterocycles. The van der Waals surface area contributed by atoms with Gasteiger partial charge < -0.3 is 19.7 Å². The fourth-order valence-electron chi connectivity index (χ4n) is 4.18. The number of hydrogen-bond donors (Lipinski definition) is 1. The molecular formula is C22H30N2O6. The third-order valence-corrected chi connectivity index (χ3v) is 5.46. The smallest absolute Gasteiger partial charge is 0.318 e. The second-order valence-electron chi connectivity index (χ2n) is 7.42. The highest BCUT2D eigenvalue weighted by Gasteiger charge is 2.54. The normalized spacial score (nSPS) is 23.0. The van der Waals surface area contributed by atoms with Crippen molar-refractivity contribution < 1.29 is 28.7 Å². The van der Waals surface area contributed by atoms with E-state index in [4.69, 9.17) is 15.9 Å². The predicted molar refractivity (Wildman–Crippen MR) is 109 cm³/mol. The Balaban J connectivity index is 2.38. The van der Waals surface area contributed by atoms with Crippen molar-refractivity contribution in [1.82, 2.24) is 10.2 Å². The number of fused-ring (bicyclic) bond motifs is 1. The summed E-state index contributed by atoms with van der Waals surface area (Å²) in [4.78, 5) is 52.2. The van der Waals surface area contributed by atoms with Crippen molar-refractivity contribution in [3.05, 3.63) is 11.8 Å². The minimum Gasteiger partial charge on any atom is -0.466 e. The van der Waals surface area contributed by atoms with Crippen LogP contribution in [-0.2, 0) is 28.7 Å². The molecule has 2 rings (SSSR count). The SMILES string of the molecule is C#CCNC(=O)C[C@H]1C[C@](CCC(=O)OCC)(C(=O)OCC)C2=CCCCN2C1=O. The zero-order valence-electron chi connectivity index (χ0n) is 17.7. The van der Waals surface area contributed by atoms with Crippen LogP contribution in [-0.4, -0.2) is 55.0 Å². The molecule has 2 aliphatic rings. The number of esters is 2. The molecule has 0 spiro atoms. The van der Waals surface area contributed by atoms with E-state index < -0.39 is 23.3 Å². The lowest BCUT2D eigenvalue weighted by Crippen LogP contribution is -2.54. The maximum Gasteiger partial charge on any atom is 0.318 e. The fourth-order valence-corrected chi connectivity index (χ4v) is 4.18. The summed E-state index contributed by atoms with van der Waals surface area (Å²) in [5.41, 5.74) is -0.587. The quantitative estimate of drug-likeness (QED) is 0.450. The maximum absolute atomic E-state index is 13.2. The molecule has 1 fully saturated rings. The summed E-state index contributed by atoms with van der Waals surface area (Å²) in [5, 5.41) is 2.57. The first-order chi connectivity index (χ1) is 14.4. The van der Waals surface area contributed by atoms with Crippen molar-refractivity contribution in [2.24, 2.45) is 11.3 Å². The highest BCUT2D eigenvalue weighted by molar-refractivity contribution is 5.92. The van der Waals surface area contributed by atoms with E-state index in [0.29, 0.717) is 12.2 Å². The number of allylic oxidation sites excluding steroid dienone is 1. The lowest BCUT2D eigenvalue weighted by Gasteiger charge is -2.47. The number of amides is 2. The van der Waals surface area contributed by atoms with Crippen LogP contribution >= 0.6 is 0 Å². The Kier molecular flexibility index (Phi) is 8.46. The maximum atomic E-state index is 13.2. The number of nitrogens with one attached hydrogen (secondary N) is 1. The summed E-state index contributed by atoms with van der Waals surface area (Å²) in [7, 11) is 0. The number of carbonyl (C=O) groups excluding carboxylic acids is 4. The molecule has 0 bridgehead atoms. The molecule has 0 aromatic carbocycles. The Morgan fingerprint density at radius 2 is 2.03 bits per heavy atom. The second-order valence-corrected chi connectivity index (χ2v) is 7.42. The number of rotatable bonds is 9. The largest absolute Gasteiger partial charge is 0.466 e. The monoisotopic (exact) mass is 418 g/mol. The molecule has 8 nitrogen and oxygen atoms in total. The van der Waals surface area contributed by atoms with Crippen LogP contribution in [0.4, 0.5) is 0 Å². The van der Waals surface area contributed by atoms with Gasteiger partial charge in [0, 0.05) is 31.0 Å². The molecule has 0 saturated carbocycles. The summed E-state index contributed by atoms with van der Waals surface area (Å²) in [6, 6.07) is 0. The molecule has 1 N–H and O–H groups in total. The molecule has 1 saturated heterocycles. The van der Waals surface area contributed by atoms with Crippen LogP contribution in [0, 0.1) is 23.7 Å². The average molecular weight is 418 g/mol. The number of piperidine rings is 1. The van der Waals surface area contributed by atoms with Gasteiger partial charge in [-0.3, -0.25) is 19.2 Å². The number of nitrogens with zero attached hydrogens (tertiary/aromatic N) is 1. The van der Waals surface area contributed by atoms with Crippen LogP contribution in [0.1, 0.15) is 52.4 Å². The lowest BCUT2D eigenvalue weighted by atomic mass is 9.67. The first-order valence-corrected chi connectivity index (χ1v) is 10.4. The van der Waals surface area contributed by atoms with Crippen LogP contribution in [0.2, 0.25) is 0 Å². The van der Waals surface area contributed by atoms with Crippen LogP contribution < -0.4 is 5.32 Å². The number of ether oxygens (including phenoxy) is 2. The van der Waals surface area contributed by atoms with Crippen LogP contribution in [0.5, 0.6) is 0 Å². The van der Waals surface area contributed by atoms with Gasteiger partial charge in [0.1, 0.15) is 5.41 Å². The van der Waals surface area contributed by atoms with Gasteiger partial charge in [-0.15, -0.1) is 6.42 Å². The molecule has 164 valence electrons. The van der Waals surface area contributed by atoms with Gasteiger partial charge in [0.2, 0.25) is 11.8 Å². The van der Waals surface area contributed by atoms with E-state index in [1.807, 2.05) is 6.08 Å². The Labute approximate surface area is 177 Å². The van der Waals surface area contributed by atoms with Gasteiger partial charge in [0.25, 0.3) is 0 Å². The fraction of sp³-hybridized carbons (Fsp3) is 0.636. The van der Waals surface area contributed by atoms with Gasteiger partial charge in [0.15, 0.2) is 0 Å². The summed E-state index contributed by atoms with van der Waals surface area (Å²) in [6.45, 7) is 4.39. The molecule has 0 aromatic heterocycles. The zero-order valence-corrected chi connectivity index (χ0v) is 17.7. The number of terminal acetylenes is 1. The van der Waals surface area contributed by atoms with E-state index in [1.54, 1.807) is 18.7 Å². The molecule has 30 heavy (non-hydrogen) atoms. The first kappa shape index (κ1) is 23.5. The van der Waals surface area contributed by atoms with Crippen molar-refractivity contribution in [3.63, 3.8) is 0 Å².